The summed E-state index contributed by atoms with van der Waals surface area (Å²) in [6.45, 7) is 0. The summed E-state index contributed by atoms with van der Waals surface area (Å²) < 4.78 is 0. The Hall–Kier alpha value is 0.300. The molecule has 6 heteroatoms. The molecule has 0 bridgehead atoms. The molecule has 0 saturated carbocycles. The van der Waals surface area contributed by atoms with Crippen molar-refractivity contribution in [2.75, 3.05) is 11.5 Å². The third-order valence-electron chi connectivity index (χ3n) is 2.40. The van der Waals surface area contributed by atoms with Crippen LogP contribution < -0.4 is 0 Å². The summed E-state index contributed by atoms with van der Waals surface area (Å²) in [6.07, 6.45) is 0. The first kappa shape index (κ1) is 16.7. The Bertz CT molecular complexity index is 548. The van der Waals surface area contributed by atoms with Crippen molar-refractivity contribution in [3.8, 4) is 0 Å². The minimum absolute atomic E-state index is 0.584. The summed E-state index contributed by atoms with van der Waals surface area (Å²) in [5.74, 6) is 1.95. The fourth-order valence-electron chi connectivity index (χ4n) is 1.45. The summed E-state index contributed by atoms with van der Waals surface area (Å²) in [4.78, 5) is 2.24. The zero-order valence-corrected chi connectivity index (χ0v) is 14.9. The van der Waals surface area contributed by atoms with Crippen LogP contribution in [0, 0.1) is 0 Å². The van der Waals surface area contributed by atoms with Crippen LogP contribution in [0.2, 0.25) is 20.1 Å². The molecule has 0 N–H and O–H groups in total. The molecule has 0 nitrogen and oxygen atoms in total. The minimum Gasteiger partial charge on any atom is -0.125 e. The zero-order chi connectivity index (χ0) is 14.5. The van der Waals surface area contributed by atoms with Crippen LogP contribution in [0.3, 0.4) is 0 Å². The first-order chi connectivity index (χ1) is 9.56. The maximum atomic E-state index is 5.98. The molecule has 0 heterocycles. The predicted molar refractivity (Wildman–Crippen MR) is 94.4 cm³/mol. The lowest BCUT2D eigenvalue weighted by Gasteiger charge is -2.05. The fourth-order valence-corrected chi connectivity index (χ4v) is 4.05. The van der Waals surface area contributed by atoms with Gasteiger partial charge >= 0.3 is 0 Å². The molecule has 0 aromatic heterocycles. The average molecular weight is 384 g/mol. The second-order valence-corrected chi connectivity index (χ2v) is 7.81. The molecule has 0 unspecified atom stereocenters. The molecule has 0 amide bonds. The first-order valence-electron chi connectivity index (χ1n) is 5.72. The summed E-state index contributed by atoms with van der Waals surface area (Å²) in [5.41, 5.74) is 0. The van der Waals surface area contributed by atoms with E-state index in [0.29, 0.717) is 20.1 Å². The van der Waals surface area contributed by atoms with E-state index in [1.54, 1.807) is 23.5 Å². The molecule has 2 aromatic carbocycles. The Balaban J connectivity index is 1.81. The molecule has 106 valence electrons. The van der Waals surface area contributed by atoms with Gasteiger partial charge in [0.25, 0.3) is 0 Å². The fraction of sp³-hybridized carbons (Fsp3) is 0.143. The van der Waals surface area contributed by atoms with Gasteiger partial charge in [-0.1, -0.05) is 46.4 Å². The Morgan fingerprint density at radius 2 is 1.00 bits per heavy atom. The highest BCUT2D eigenvalue weighted by molar-refractivity contribution is 8.03. The lowest BCUT2D eigenvalue weighted by molar-refractivity contribution is 1.41. The second-order valence-electron chi connectivity index (χ2n) is 3.85. The van der Waals surface area contributed by atoms with Crippen molar-refractivity contribution in [1.82, 2.24) is 0 Å². The van der Waals surface area contributed by atoms with Crippen LogP contribution in [-0.4, -0.2) is 11.5 Å². The van der Waals surface area contributed by atoms with Crippen molar-refractivity contribution in [3.63, 3.8) is 0 Å². The van der Waals surface area contributed by atoms with Crippen molar-refractivity contribution in [2.24, 2.45) is 0 Å². The molecular formula is C14H10Cl4S2. The van der Waals surface area contributed by atoms with E-state index in [-0.39, 0.29) is 0 Å². The van der Waals surface area contributed by atoms with E-state index in [1.165, 1.54) is 0 Å². The Labute approximate surface area is 147 Å². The van der Waals surface area contributed by atoms with Crippen molar-refractivity contribution in [3.05, 3.63) is 56.5 Å². The molecule has 0 radical (unpaired) electrons. The maximum Gasteiger partial charge on any atom is 0.0603 e. The van der Waals surface area contributed by atoms with Crippen LogP contribution in [0.5, 0.6) is 0 Å². The van der Waals surface area contributed by atoms with Gasteiger partial charge in [0.1, 0.15) is 0 Å². The second kappa shape index (κ2) is 8.07. The number of benzene rings is 2. The number of halogens is 4. The maximum absolute atomic E-state index is 5.98. The highest BCUT2D eigenvalue weighted by atomic mass is 35.5. The molecule has 20 heavy (non-hydrogen) atoms. The smallest absolute Gasteiger partial charge is 0.0603 e. The molecule has 0 atom stereocenters. The molecule has 0 spiro atoms. The minimum atomic E-state index is 0.584. The van der Waals surface area contributed by atoms with E-state index >= 15 is 0 Å². The van der Waals surface area contributed by atoms with Gasteiger partial charge in [-0.05, 0) is 36.4 Å². The van der Waals surface area contributed by atoms with Crippen molar-refractivity contribution < 1.29 is 0 Å². The first-order valence-corrected chi connectivity index (χ1v) is 9.20. The molecule has 0 saturated heterocycles. The molecule has 0 aliphatic carbocycles. The summed E-state index contributed by atoms with van der Waals surface area (Å²) in [6, 6.07) is 11.4. The van der Waals surface area contributed by atoms with Gasteiger partial charge in [0.05, 0.1) is 20.1 Å². The van der Waals surface area contributed by atoms with Crippen molar-refractivity contribution >= 4 is 69.9 Å². The Morgan fingerprint density at radius 3 is 1.35 bits per heavy atom. The normalized spacial score (nSPS) is 10.8. The van der Waals surface area contributed by atoms with Crippen molar-refractivity contribution in [1.29, 1.82) is 0 Å². The largest absolute Gasteiger partial charge is 0.125 e. The van der Waals surface area contributed by atoms with E-state index in [9.17, 15) is 0 Å². The van der Waals surface area contributed by atoms with E-state index in [1.807, 2.05) is 36.4 Å². The predicted octanol–water partition coefficient (Wildman–Crippen LogP) is 7.18. The summed E-state index contributed by atoms with van der Waals surface area (Å²) >= 11 is 27.2. The van der Waals surface area contributed by atoms with Gasteiger partial charge < -0.3 is 0 Å². The van der Waals surface area contributed by atoms with E-state index in [4.69, 9.17) is 46.4 Å². The molecule has 2 aromatic rings. The molecular weight excluding hydrogens is 374 g/mol. The summed E-state index contributed by atoms with van der Waals surface area (Å²) in [7, 11) is 0. The van der Waals surface area contributed by atoms with Crippen LogP contribution in [0.1, 0.15) is 0 Å². The topological polar surface area (TPSA) is 0 Å². The van der Waals surface area contributed by atoms with E-state index in [0.717, 1.165) is 21.3 Å². The summed E-state index contributed by atoms with van der Waals surface area (Å²) in [5, 5.41) is 2.35. The van der Waals surface area contributed by atoms with Crippen LogP contribution in [-0.2, 0) is 0 Å². The van der Waals surface area contributed by atoms with Gasteiger partial charge in [-0.2, -0.15) is 0 Å². The van der Waals surface area contributed by atoms with Gasteiger partial charge in [0, 0.05) is 21.3 Å². The van der Waals surface area contributed by atoms with Gasteiger partial charge in [-0.25, -0.2) is 0 Å². The van der Waals surface area contributed by atoms with Gasteiger partial charge in [0.2, 0.25) is 0 Å². The molecule has 0 fully saturated rings. The van der Waals surface area contributed by atoms with E-state index < -0.39 is 0 Å². The van der Waals surface area contributed by atoms with Crippen LogP contribution in [0.15, 0.2) is 46.2 Å². The van der Waals surface area contributed by atoms with Crippen LogP contribution >= 0.6 is 69.9 Å². The number of thioether (sulfide) groups is 2. The standard InChI is InChI=1S/C14H10Cl4S2/c15-11-3-1-9(7-13(11)17)19-5-6-20-10-2-4-12(16)14(18)8-10/h1-4,7-8H,5-6H2. The number of hydrogen-bond acceptors (Lipinski definition) is 2. The number of rotatable bonds is 5. The average Bonchev–Trinajstić information content (AvgIpc) is 2.42. The van der Waals surface area contributed by atoms with Crippen molar-refractivity contribution in [2.45, 2.75) is 9.79 Å². The van der Waals surface area contributed by atoms with E-state index in [2.05, 4.69) is 0 Å². The highest BCUT2D eigenvalue weighted by Crippen LogP contribution is 2.31. The molecule has 0 aliphatic rings. The zero-order valence-electron chi connectivity index (χ0n) is 10.2. The quantitative estimate of drug-likeness (QED) is 0.395. The number of hydrogen-bond donors (Lipinski definition) is 0. The van der Waals surface area contributed by atoms with Crippen LogP contribution in [0.4, 0.5) is 0 Å². The van der Waals surface area contributed by atoms with Gasteiger partial charge in [-0.15, -0.1) is 23.5 Å². The third-order valence-corrected chi connectivity index (χ3v) is 6.13. The Kier molecular flexibility index (Phi) is 6.73. The van der Waals surface area contributed by atoms with Gasteiger partial charge in [-0.3, -0.25) is 0 Å². The van der Waals surface area contributed by atoms with Crippen LogP contribution in [0.25, 0.3) is 0 Å². The Morgan fingerprint density at radius 1 is 0.600 bits per heavy atom. The molecule has 0 aliphatic heterocycles. The van der Waals surface area contributed by atoms with Gasteiger partial charge in [0.15, 0.2) is 0 Å². The lowest BCUT2D eigenvalue weighted by Crippen LogP contribution is -1.85. The molecule has 2 rings (SSSR count). The lowest BCUT2D eigenvalue weighted by atomic mass is 10.4. The third kappa shape index (κ3) is 4.94. The highest BCUT2D eigenvalue weighted by Gasteiger charge is 2.02. The monoisotopic (exact) mass is 382 g/mol. The SMILES string of the molecule is Clc1ccc(SCCSc2ccc(Cl)c(Cl)c2)cc1Cl.